The van der Waals surface area contributed by atoms with Crippen molar-refractivity contribution in [2.45, 2.75) is 39.5 Å². The van der Waals surface area contributed by atoms with Crippen LogP contribution in [0.1, 0.15) is 39.5 Å². The van der Waals surface area contributed by atoms with Crippen LogP contribution in [0.25, 0.3) is 0 Å². The molecule has 0 aromatic carbocycles. The largest absolute Gasteiger partial charge is 0.353 e. The number of hydrogen-bond donors (Lipinski definition) is 1. The first-order valence-electron chi connectivity index (χ1n) is 5.38. The van der Waals surface area contributed by atoms with Crippen molar-refractivity contribution in [2.75, 3.05) is 6.54 Å². The summed E-state index contributed by atoms with van der Waals surface area (Å²) in [6, 6.07) is 0. The fraction of sp³-hybridized carbons (Fsp3) is 0.583. The third-order valence-electron chi connectivity index (χ3n) is 1.88. The first kappa shape index (κ1) is 12.9. The van der Waals surface area contributed by atoms with Gasteiger partial charge in [-0.3, -0.25) is 4.79 Å². The average Bonchev–Trinajstić information content (AvgIpc) is 2.18. The molecule has 0 saturated carbocycles. The normalized spacial score (nSPS) is 11.3. The Bertz CT molecular complexity index is 194. The van der Waals surface area contributed by atoms with Crippen molar-refractivity contribution in [3.63, 3.8) is 0 Å². The second kappa shape index (κ2) is 10.0. The van der Waals surface area contributed by atoms with Gasteiger partial charge in [0.1, 0.15) is 0 Å². The summed E-state index contributed by atoms with van der Waals surface area (Å²) in [7, 11) is 0. The van der Waals surface area contributed by atoms with Crippen LogP contribution in [-0.4, -0.2) is 12.5 Å². The van der Waals surface area contributed by atoms with E-state index in [1.807, 2.05) is 19.1 Å². The number of hydrogen-bond acceptors (Lipinski definition) is 1. The number of allylic oxidation sites excluding steroid dienone is 3. The van der Waals surface area contributed by atoms with Crippen molar-refractivity contribution in [3.8, 4) is 0 Å². The molecule has 1 amide bonds. The highest BCUT2D eigenvalue weighted by atomic mass is 16.1. The highest BCUT2D eigenvalue weighted by Crippen LogP contribution is 1.96. The quantitative estimate of drug-likeness (QED) is 0.378. The molecule has 0 heterocycles. The van der Waals surface area contributed by atoms with E-state index in [2.05, 4.69) is 12.2 Å². The van der Waals surface area contributed by atoms with E-state index in [9.17, 15) is 4.79 Å². The zero-order valence-electron chi connectivity index (χ0n) is 9.25. The molecule has 0 rings (SSSR count). The fourth-order valence-electron chi connectivity index (χ4n) is 1.08. The molecule has 0 radical (unpaired) electrons. The van der Waals surface area contributed by atoms with E-state index in [0.29, 0.717) is 0 Å². The highest BCUT2D eigenvalue weighted by Gasteiger charge is 1.92. The Labute approximate surface area is 87.1 Å². The van der Waals surface area contributed by atoms with Crippen molar-refractivity contribution < 1.29 is 4.79 Å². The molecule has 80 valence electrons. The molecule has 2 nitrogen and oxygen atoms in total. The van der Waals surface area contributed by atoms with Crippen LogP contribution in [0, 0.1) is 0 Å². The van der Waals surface area contributed by atoms with E-state index in [1.165, 1.54) is 19.3 Å². The molecule has 0 aromatic rings. The van der Waals surface area contributed by atoms with Crippen molar-refractivity contribution in [3.05, 3.63) is 24.3 Å². The van der Waals surface area contributed by atoms with Gasteiger partial charge in [0.05, 0.1) is 0 Å². The summed E-state index contributed by atoms with van der Waals surface area (Å²) in [6.07, 6.45) is 11.8. The summed E-state index contributed by atoms with van der Waals surface area (Å²) < 4.78 is 0. The predicted octanol–water partition coefficient (Wildman–Crippen LogP) is 2.82. The molecule has 0 atom stereocenters. The summed E-state index contributed by atoms with van der Waals surface area (Å²) in [4.78, 5) is 11.1. The van der Waals surface area contributed by atoms with Crippen LogP contribution in [-0.2, 0) is 4.79 Å². The lowest BCUT2D eigenvalue weighted by atomic mass is 10.2. The lowest BCUT2D eigenvalue weighted by Crippen LogP contribution is -2.21. The molecule has 0 aliphatic heterocycles. The maximum atomic E-state index is 11.1. The number of rotatable bonds is 7. The molecule has 0 aliphatic carbocycles. The molecule has 0 bridgehead atoms. The Morgan fingerprint density at radius 1 is 1.21 bits per heavy atom. The van der Waals surface area contributed by atoms with Crippen LogP contribution < -0.4 is 5.32 Å². The first-order valence-corrected chi connectivity index (χ1v) is 5.38. The van der Waals surface area contributed by atoms with Crippen molar-refractivity contribution in [1.82, 2.24) is 5.32 Å². The SMILES string of the molecule is C/C=C/C=C/C(=O)NCCCCCC. The van der Waals surface area contributed by atoms with E-state index in [-0.39, 0.29) is 5.91 Å². The van der Waals surface area contributed by atoms with Gasteiger partial charge in [0.25, 0.3) is 0 Å². The van der Waals surface area contributed by atoms with Crippen LogP contribution in [0.3, 0.4) is 0 Å². The lowest BCUT2D eigenvalue weighted by molar-refractivity contribution is -0.116. The topological polar surface area (TPSA) is 29.1 Å². The maximum Gasteiger partial charge on any atom is 0.243 e. The summed E-state index contributed by atoms with van der Waals surface area (Å²) >= 11 is 0. The minimum absolute atomic E-state index is 0.000372. The highest BCUT2D eigenvalue weighted by molar-refractivity contribution is 5.87. The zero-order valence-corrected chi connectivity index (χ0v) is 9.25. The molecule has 0 aromatic heterocycles. The summed E-state index contributed by atoms with van der Waals surface area (Å²) in [5.41, 5.74) is 0. The maximum absolute atomic E-state index is 11.1. The van der Waals surface area contributed by atoms with Gasteiger partial charge in [0, 0.05) is 12.6 Å². The molecule has 0 saturated heterocycles. The van der Waals surface area contributed by atoms with Gasteiger partial charge in [-0.25, -0.2) is 0 Å². The van der Waals surface area contributed by atoms with Crippen molar-refractivity contribution >= 4 is 5.91 Å². The minimum Gasteiger partial charge on any atom is -0.353 e. The van der Waals surface area contributed by atoms with Gasteiger partial charge in [-0.2, -0.15) is 0 Å². The van der Waals surface area contributed by atoms with Crippen LogP contribution in [0.4, 0.5) is 0 Å². The van der Waals surface area contributed by atoms with Crippen molar-refractivity contribution in [2.24, 2.45) is 0 Å². The molecular formula is C12H21NO. The molecule has 0 spiro atoms. The van der Waals surface area contributed by atoms with E-state index in [0.717, 1.165) is 13.0 Å². The summed E-state index contributed by atoms with van der Waals surface area (Å²) in [5.74, 6) is -0.000372. The first-order chi connectivity index (χ1) is 6.81. The van der Waals surface area contributed by atoms with Gasteiger partial charge < -0.3 is 5.32 Å². The van der Waals surface area contributed by atoms with Gasteiger partial charge in [0.2, 0.25) is 5.91 Å². The number of unbranched alkanes of at least 4 members (excludes halogenated alkanes) is 3. The van der Waals surface area contributed by atoms with Gasteiger partial charge in [-0.05, 0) is 13.3 Å². The fourth-order valence-corrected chi connectivity index (χ4v) is 1.08. The molecule has 0 aliphatic rings. The Kier molecular flexibility index (Phi) is 9.28. The van der Waals surface area contributed by atoms with Gasteiger partial charge in [-0.15, -0.1) is 0 Å². The Hall–Kier alpha value is -1.05. The van der Waals surface area contributed by atoms with Crippen molar-refractivity contribution in [1.29, 1.82) is 0 Å². The minimum atomic E-state index is -0.000372. The predicted molar refractivity (Wildman–Crippen MR) is 61.1 cm³/mol. The Morgan fingerprint density at radius 2 is 2.00 bits per heavy atom. The Morgan fingerprint density at radius 3 is 2.64 bits per heavy atom. The van der Waals surface area contributed by atoms with E-state index in [4.69, 9.17) is 0 Å². The molecule has 2 heteroatoms. The van der Waals surface area contributed by atoms with Crippen LogP contribution in [0.15, 0.2) is 24.3 Å². The third kappa shape index (κ3) is 9.04. The van der Waals surface area contributed by atoms with Crippen LogP contribution >= 0.6 is 0 Å². The molecule has 1 N–H and O–H groups in total. The standard InChI is InChI=1S/C12H21NO/c1-3-5-7-9-11-13-12(14)10-8-6-4-2/h4,6,8,10H,3,5,7,9,11H2,1-2H3,(H,13,14)/b6-4+,10-8+. The smallest absolute Gasteiger partial charge is 0.243 e. The molecule has 14 heavy (non-hydrogen) atoms. The van der Waals surface area contributed by atoms with Crippen LogP contribution in [0.2, 0.25) is 0 Å². The third-order valence-corrected chi connectivity index (χ3v) is 1.88. The van der Waals surface area contributed by atoms with Gasteiger partial charge in [-0.1, -0.05) is 44.4 Å². The average molecular weight is 195 g/mol. The number of nitrogens with one attached hydrogen (secondary N) is 1. The molecule has 0 fully saturated rings. The molecule has 0 unspecified atom stereocenters. The van der Waals surface area contributed by atoms with Crippen LogP contribution in [0.5, 0.6) is 0 Å². The Balaban J connectivity index is 3.35. The monoisotopic (exact) mass is 195 g/mol. The van der Waals surface area contributed by atoms with Gasteiger partial charge in [0.15, 0.2) is 0 Å². The number of amides is 1. The number of carbonyl (C=O) groups excluding carboxylic acids is 1. The number of carbonyl (C=O) groups is 1. The van der Waals surface area contributed by atoms with E-state index < -0.39 is 0 Å². The lowest BCUT2D eigenvalue weighted by Gasteiger charge is -2.00. The molecular weight excluding hydrogens is 174 g/mol. The summed E-state index contributed by atoms with van der Waals surface area (Å²) in [6.45, 7) is 4.89. The van der Waals surface area contributed by atoms with E-state index in [1.54, 1.807) is 12.2 Å². The second-order valence-electron chi connectivity index (χ2n) is 3.24. The second-order valence-corrected chi connectivity index (χ2v) is 3.24. The zero-order chi connectivity index (χ0) is 10.6. The van der Waals surface area contributed by atoms with E-state index >= 15 is 0 Å². The van der Waals surface area contributed by atoms with Gasteiger partial charge >= 0.3 is 0 Å². The summed E-state index contributed by atoms with van der Waals surface area (Å²) in [5, 5.41) is 2.84.